The number of aromatic hydroxyl groups is 1. The van der Waals surface area contributed by atoms with Gasteiger partial charge in [-0.1, -0.05) is 74.0 Å². The second-order valence-electron chi connectivity index (χ2n) is 6.70. The van der Waals surface area contributed by atoms with Crippen LogP contribution < -0.4 is 0 Å². The average molecular weight is 341 g/mol. The van der Waals surface area contributed by atoms with Crippen LogP contribution in [0.4, 0.5) is 0 Å². The number of rotatable bonds is 5. The molecule has 2 heteroatoms. The molecule has 0 saturated carbocycles. The Morgan fingerprint density at radius 1 is 0.846 bits per heavy atom. The third kappa shape index (κ3) is 2.99. The van der Waals surface area contributed by atoms with Crippen LogP contribution in [0.2, 0.25) is 0 Å². The number of hydrogen-bond acceptors (Lipinski definition) is 1. The maximum atomic E-state index is 10.3. The quantitative estimate of drug-likeness (QED) is 0.472. The summed E-state index contributed by atoms with van der Waals surface area (Å²) in [7, 11) is 0. The Morgan fingerprint density at radius 3 is 2.42 bits per heavy atom. The first kappa shape index (κ1) is 16.5. The van der Waals surface area contributed by atoms with Crippen molar-refractivity contribution in [3.63, 3.8) is 0 Å². The fourth-order valence-electron chi connectivity index (χ4n) is 3.70. The number of aryl methyl sites for hydroxylation is 1. The van der Waals surface area contributed by atoms with Gasteiger partial charge in [-0.15, -0.1) is 0 Å². The second kappa shape index (κ2) is 7.09. The van der Waals surface area contributed by atoms with E-state index in [-0.39, 0.29) is 0 Å². The molecule has 0 fully saturated rings. The number of phenols is 1. The van der Waals surface area contributed by atoms with E-state index in [0.29, 0.717) is 5.75 Å². The maximum absolute atomic E-state index is 10.3. The Labute approximate surface area is 154 Å². The van der Waals surface area contributed by atoms with Crippen molar-refractivity contribution >= 4 is 10.9 Å². The van der Waals surface area contributed by atoms with E-state index in [1.54, 1.807) is 6.07 Å². The molecule has 0 unspecified atom stereocenters. The van der Waals surface area contributed by atoms with E-state index >= 15 is 0 Å². The molecular weight excluding hydrogens is 318 g/mol. The van der Waals surface area contributed by atoms with Crippen LogP contribution in [0.15, 0.2) is 78.9 Å². The highest BCUT2D eigenvalue weighted by atomic mass is 16.3. The predicted molar refractivity (Wildman–Crippen MR) is 109 cm³/mol. The highest BCUT2D eigenvalue weighted by Crippen LogP contribution is 2.31. The smallest absolute Gasteiger partial charge is 0.124 e. The van der Waals surface area contributed by atoms with Crippen molar-refractivity contribution in [1.29, 1.82) is 0 Å². The van der Waals surface area contributed by atoms with Crippen molar-refractivity contribution < 1.29 is 5.11 Å². The first-order valence-electron chi connectivity index (χ1n) is 9.21. The normalized spacial score (nSPS) is 11.1. The monoisotopic (exact) mass is 341 g/mol. The summed E-state index contributed by atoms with van der Waals surface area (Å²) in [5.74, 6) is 0.356. The zero-order valence-corrected chi connectivity index (χ0v) is 15.0. The van der Waals surface area contributed by atoms with Gasteiger partial charge in [0.2, 0.25) is 0 Å². The van der Waals surface area contributed by atoms with Crippen molar-refractivity contribution in [2.75, 3.05) is 0 Å². The van der Waals surface area contributed by atoms with Crippen LogP contribution in [0.3, 0.4) is 0 Å². The van der Waals surface area contributed by atoms with Crippen molar-refractivity contribution in [3.8, 4) is 16.9 Å². The van der Waals surface area contributed by atoms with Gasteiger partial charge in [-0.2, -0.15) is 0 Å². The molecule has 4 rings (SSSR count). The van der Waals surface area contributed by atoms with Crippen LogP contribution in [0.25, 0.3) is 22.0 Å². The molecule has 0 aliphatic carbocycles. The van der Waals surface area contributed by atoms with Gasteiger partial charge in [-0.05, 0) is 41.3 Å². The third-order valence-electron chi connectivity index (χ3n) is 4.95. The molecule has 2 nitrogen and oxygen atoms in total. The summed E-state index contributed by atoms with van der Waals surface area (Å²) < 4.78 is 2.35. The lowest BCUT2D eigenvalue weighted by Gasteiger charge is -2.14. The summed E-state index contributed by atoms with van der Waals surface area (Å²) in [6.45, 7) is 2.99. The number of phenolic OH excluding ortho intramolecular Hbond substituents is 1. The summed E-state index contributed by atoms with van der Waals surface area (Å²) in [6, 6.07) is 27.0. The summed E-state index contributed by atoms with van der Waals surface area (Å²) in [4.78, 5) is 0. The standard InChI is InChI=1S/C24H23NO/c1-2-9-20-16-22-23(14-8-15-24(22)26)25(20)17-19-12-6-7-13-21(19)18-10-4-3-5-11-18/h3-8,10-16,26H,2,9,17H2,1H3. The Morgan fingerprint density at radius 2 is 1.62 bits per heavy atom. The number of fused-ring (bicyclic) bond motifs is 1. The molecule has 0 aliphatic heterocycles. The Balaban J connectivity index is 1.84. The van der Waals surface area contributed by atoms with Crippen molar-refractivity contribution in [1.82, 2.24) is 4.57 Å². The lowest BCUT2D eigenvalue weighted by molar-refractivity contribution is 0.481. The molecule has 0 aliphatic rings. The van der Waals surface area contributed by atoms with E-state index in [1.165, 1.54) is 22.4 Å². The molecule has 1 heterocycles. The van der Waals surface area contributed by atoms with Crippen molar-refractivity contribution in [2.45, 2.75) is 26.3 Å². The zero-order chi connectivity index (χ0) is 17.9. The van der Waals surface area contributed by atoms with Crippen LogP contribution >= 0.6 is 0 Å². The zero-order valence-electron chi connectivity index (χ0n) is 15.0. The highest BCUT2D eigenvalue weighted by Gasteiger charge is 2.13. The Hall–Kier alpha value is -3.00. The van der Waals surface area contributed by atoms with E-state index in [1.807, 2.05) is 12.1 Å². The Bertz CT molecular complexity index is 1030. The predicted octanol–water partition coefficient (Wildman–Crippen LogP) is 6.01. The van der Waals surface area contributed by atoms with Gasteiger partial charge >= 0.3 is 0 Å². The fourth-order valence-corrected chi connectivity index (χ4v) is 3.70. The molecule has 0 saturated heterocycles. The second-order valence-corrected chi connectivity index (χ2v) is 6.70. The van der Waals surface area contributed by atoms with E-state index in [0.717, 1.165) is 30.3 Å². The SMILES string of the molecule is CCCc1cc2c(O)cccc2n1Cc1ccccc1-c1ccccc1. The van der Waals surface area contributed by atoms with E-state index in [4.69, 9.17) is 0 Å². The van der Waals surface area contributed by atoms with E-state index < -0.39 is 0 Å². The minimum atomic E-state index is 0.356. The molecule has 130 valence electrons. The number of hydrogen-bond donors (Lipinski definition) is 1. The van der Waals surface area contributed by atoms with Gasteiger partial charge < -0.3 is 9.67 Å². The van der Waals surface area contributed by atoms with Crippen molar-refractivity contribution in [2.24, 2.45) is 0 Å². The van der Waals surface area contributed by atoms with Gasteiger partial charge in [-0.3, -0.25) is 0 Å². The first-order chi connectivity index (χ1) is 12.8. The largest absolute Gasteiger partial charge is 0.507 e. The number of nitrogens with zero attached hydrogens (tertiary/aromatic N) is 1. The van der Waals surface area contributed by atoms with Gasteiger partial charge in [0.05, 0.1) is 5.52 Å². The van der Waals surface area contributed by atoms with Crippen LogP contribution in [0.5, 0.6) is 5.75 Å². The molecule has 1 aromatic heterocycles. The minimum absolute atomic E-state index is 0.356. The van der Waals surface area contributed by atoms with Gasteiger partial charge in [0.15, 0.2) is 0 Å². The minimum Gasteiger partial charge on any atom is -0.507 e. The molecule has 3 aromatic carbocycles. The third-order valence-corrected chi connectivity index (χ3v) is 4.95. The van der Waals surface area contributed by atoms with Gasteiger partial charge in [0.25, 0.3) is 0 Å². The van der Waals surface area contributed by atoms with E-state index in [2.05, 4.69) is 72.2 Å². The molecule has 0 amide bonds. The number of benzene rings is 3. The molecule has 4 aromatic rings. The van der Waals surface area contributed by atoms with Crippen LogP contribution in [-0.2, 0) is 13.0 Å². The molecule has 26 heavy (non-hydrogen) atoms. The molecule has 0 spiro atoms. The molecule has 1 N–H and O–H groups in total. The topological polar surface area (TPSA) is 25.2 Å². The molecule has 0 bridgehead atoms. The molecule has 0 atom stereocenters. The maximum Gasteiger partial charge on any atom is 0.124 e. The lowest BCUT2D eigenvalue weighted by Crippen LogP contribution is -2.05. The fraction of sp³-hybridized carbons (Fsp3) is 0.167. The van der Waals surface area contributed by atoms with Gasteiger partial charge in [-0.25, -0.2) is 0 Å². The molecular formula is C24H23NO. The first-order valence-corrected chi connectivity index (χ1v) is 9.21. The Kier molecular flexibility index (Phi) is 4.49. The summed E-state index contributed by atoms with van der Waals surface area (Å²) in [5, 5.41) is 11.2. The molecule has 0 radical (unpaired) electrons. The summed E-state index contributed by atoms with van der Waals surface area (Å²) in [6.07, 6.45) is 2.08. The summed E-state index contributed by atoms with van der Waals surface area (Å²) >= 11 is 0. The number of aromatic nitrogens is 1. The lowest BCUT2D eigenvalue weighted by atomic mass is 9.99. The van der Waals surface area contributed by atoms with Crippen molar-refractivity contribution in [3.05, 3.63) is 90.1 Å². The van der Waals surface area contributed by atoms with Crippen LogP contribution in [-0.4, -0.2) is 9.67 Å². The van der Waals surface area contributed by atoms with Gasteiger partial charge in [0, 0.05) is 17.6 Å². The summed E-state index contributed by atoms with van der Waals surface area (Å²) in [5.41, 5.74) is 6.15. The van der Waals surface area contributed by atoms with E-state index in [9.17, 15) is 5.11 Å². The van der Waals surface area contributed by atoms with Gasteiger partial charge in [0.1, 0.15) is 5.75 Å². The average Bonchev–Trinajstić information content (AvgIpc) is 3.02. The van der Waals surface area contributed by atoms with Crippen LogP contribution in [0, 0.1) is 0 Å². The highest BCUT2D eigenvalue weighted by molar-refractivity contribution is 5.87. The van der Waals surface area contributed by atoms with Crippen LogP contribution in [0.1, 0.15) is 24.6 Å².